The molecule has 4 aromatic rings. The molecule has 0 unspecified atom stereocenters. The van der Waals surface area contributed by atoms with Crippen molar-refractivity contribution in [2.75, 3.05) is 12.4 Å². The minimum Gasteiger partial charge on any atom is -0.469 e. The molecular weight excluding hydrogens is 329 g/mol. The maximum absolute atomic E-state index is 13.2. The summed E-state index contributed by atoms with van der Waals surface area (Å²) in [7, 11) is 1.34. The highest BCUT2D eigenvalue weighted by molar-refractivity contribution is 5.79. The number of hydrogen-bond donors (Lipinski definition) is 1. The van der Waals surface area contributed by atoms with E-state index in [-0.39, 0.29) is 24.4 Å². The summed E-state index contributed by atoms with van der Waals surface area (Å²) in [5.74, 6) is -0.729. The maximum Gasteiger partial charge on any atom is 0.309 e. The highest BCUT2D eigenvalue weighted by atomic mass is 19.1. The SMILES string of the molecule is COC(=O)Cc1ccc2oc(Nc3nc4cc(F)ccc4o3)nc2c1. The molecule has 25 heavy (non-hydrogen) atoms. The van der Waals surface area contributed by atoms with Crippen LogP contribution in [0.25, 0.3) is 22.2 Å². The number of nitrogens with one attached hydrogen (secondary N) is 1. The first kappa shape index (κ1) is 15.1. The van der Waals surface area contributed by atoms with Gasteiger partial charge in [-0.1, -0.05) is 6.07 Å². The summed E-state index contributed by atoms with van der Waals surface area (Å²) in [5, 5.41) is 2.80. The van der Waals surface area contributed by atoms with Crippen molar-refractivity contribution in [2.45, 2.75) is 6.42 Å². The molecule has 0 aliphatic rings. The summed E-state index contributed by atoms with van der Waals surface area (Å²) >= 11 is 0. The molecule has 2 heterocycles. The van der Waals surface area contributed by atoms with E-state index in [1.807, 2.05) is 0 Å². The quantitative estimate of drug-likeness (QED) is 0.567. The molecule has 2 aromatic carbocycles. The van der Waals surface area contributed by atoms with Gasteiger partial charge < -0.3 is 13.6 Å². The topological polar surface area (TPSA) is 90.4 Å². The molecule has 4 rings (SSSR count). The molecule has 0 aliphatic heterocycles. The Bertz CT molecular complexity index is 1090. The number of hydrogen-bond acceptors (Lipinski definition) is 7. The third-order valence-corrected chi connectivity index (χ3v) is 3.59. The van der Waals surface area contributed by atoms with Gasteiger partial charge in [-0.15, -0.1) is 0 Å². The first-order chi connectivity index (χ1) is 12.1. The molecule has 0 amide bonds. The van der Waals surface area contributed by atoms with Gasteiger partial charge in [0.25, 0.3) is 0 Å². The standard InChI is InChI=1S/C17H12FN3O4/c1-23-15(22)7-9-2-4-13-11(6-9)19-16(24-13)21-17-20-12-8-10(18)3-5-14(12)25-17/h2-6,8H,7H2,1H3,(H,19,20,21). The molecular formula is C17H12FN3O4. The maximum atomic E-state index is 13.2. The number of esters is 1. The van der Waals surface area contributed by atoms with Crippen LogP contribution < -0.4 is 5.32 Å². The number of fused-ring (bicyclic) bond motifs is 2. The van der Waals surface area contributed by atoms with Gasteiger partial charge in [-0.3, -0.25) is 10.1 Å². The number of aromatic nitrogens is 2. The van der Waals surface area contributed by atoms with Crippen LogP contribution in [0.15, 0.2) is 45.2 Å². The zero-order valence-corrected chi connectivity index (χ0v) is 13.1. The van der Waals surface area contributed by atoms with Crippen molar-refractivity contribution in [1.29, 1.82) is 0 Å². The monoisotopic (exact) mass is 341 g/mol. The Morgan fingerprint density at radius 1 is 1.08 bits per heavy atom. The van der Waals surface area contributed by atoms with Gasteiger partial charge in [0.1, 0.15) is 16.9 Å². The zero-order chi connectivity index (χ0) is 17.4. The van der Waals surface area contributed by atoms with Gasteiger partial charge in [0, 0.05) is 6.07 Å². The minimum absolute atomic E-state index is 0.141. The summed E-state index contributed by atoms with van der Waals surface area (Å²) in [6.45, 7) is 0. The number of carbonyl (C=O) groups excluding carboxylic acids is 1. The van der Waals surface area contributed by atoms with Crippen molar-refractivity contribution in [1.82, 2.24) is 9.97 Å². The predicted molar refractivity (Wildman–Crippen MR) is 87.0 cm³/mol. The van der Waals surface area contributed by atoms with E-state index in [2.05, 4.69) is 20.0 Å². The van der Waals surface area contributed by atoms with Gasteiger partial charge in [0.05, 0.1) is 13.5 Å². The first-order valence-electron chi connectivity index (χ1n) is 7.40. The second-order valence-corrected chi connectivity index (χ2v) is 5.33. The van der Waals surface area contributed by atoms with Crippen molar-refractivity contribution < 1.29 is 22.8 Å². The molecule has 0 fully saturated rings. The molecule has 7 nitrogen and oxygen atoms in total. The van der Waals surface area contributed by atoms with Crippen LogP contribution in [-0.4, -0.2) is 23.0 Å². The van der Waals surface area contributed by atoms with Crippen LogP contribution in [0.1, 0.15) is 5.56 Å². The molecule has 0 aliphatic carbocycles. The molecule has 0 atom stereocenters. The third-order valence-electron chi connectivity index (χ3n) is 3.59. The lowest BCUT2D eigenvalue weighted by atomic mass is 10.1. The van der Waals surface area contributed by atoms with Gasteiger partial charge in [-0.25, -0.2) is 4.39 Å². The van der Waals surface area contributed by atoms with E-state index in [0.29, 0.717) is 22.2 Å². The Morgan fingerprint density at radius 2 is 1.72 bits per heavy atom. The molecule has 0 spiro atoms. The van der Waals surface area contributed by atoms with Crippen molar-refractivity contribution in [3.05, 3.63) is 47.8 Å². The molecule has 1 N–H and O–H groups in total. The fourth-order valence-corrected chi connectivity index (χ4v) is 2.42. The molecule has 0 saturated heterocycles. The zero-order valence-electron chi connectivity index (χ0n) is 13.1. The number of rotatable bonds is 4. The van der Waals surface area contributed by atoms with Crippen LogP contribution in [0.5, 0.6) is 0 Å². The number of methoxy groups -OCH3 is 1. The summed E-state index contributed by atoms with van der Waals surface area (Å²) in [5.41, 5.74) is 2.71. The van der Waals surface area contributed by atoms with Crippen molar-refractivity contribution >= 4 is 40.2 Å². The van der Waals surface area contributed by atoms with Crippen LogP contribution >= 0.6 is 0 Å². The average molecular weight is 341 g/mol. The number of anilines is 2. The van der Waals surface area contributed by atoms with Crippen LogP contribution in [0.2, 0.25) is 0 Å². The Kier molecular flexibility index (Phi) is 3.57. The fraction of sp³-hybridized carbons (Fsp3) is 0.118. The van der Waals surface area contributed by atoms with E-state index in [1.54, 1.807) is 18.2 Å². The largest absolute Gasteiger partial charge is 0.469 e. The van der Waals surface area contributed by atoms with Crippen LogP contribution in [0, 0.1) is 5.82 Å². The van der Waals surface area contributed by atoms with Crippen molar-refractivity contribution in [3.8, 4) is 0 Å². The van der Waals surface area contributed by atoms with E-state index in [4.69, 9.17) is 8.83 Å². The van der Waals surface area contributed by atoms with E-state index in [1.165, 1.54) is 25.3 Å². The lowest BCUT2D eigenvalue weighted by molar-refractivity contribution is -0.139. The number of oxazole rings is 2. The lowest BCUT2D eigenvalue weighted by Gasteiger charge is -1.98. The average Bonchev–Trinajstić information content (AvgIpc) is 3.16. The second kappa shape index (κ2) is 5.90. The molecule has 0 bridgehead atoms. The van der Waals surface area contributed by atoms with Crippen molar-refractivity contribution in [2.24, 2.45) is 0 Å². The Balaban J connectivity index is 1.61. The van der Waals surface area contributed by atoms with E-state index < -0.39 is 5.82 Å². The van der Waals surface area contributed by atoms with Gasteiger partial charge in [-0.2, -0.15) is 9.97 Å². The Morgan fingerprint density at radius 3 is 2.40 bits per heavy atom. The summed E-state index contributed by atoms with van der Waals surface area (Å²) in [6, 6.07) is 9.59. The van der Waals surface area contributed by atoms with E-state index in [0.717, 1.165) is 5.56 Å². The number of ether oxygens (including phenoxy) is 1. The van der Waals surface area contributed by atoms with Gasteiger partial charge in [0.15, 0.2) is 11.2 Å². The number of halogens is 1. The molecule has 2 aromatic heterocycles. The Hall–Kier alpha value is -3.42. The van der Waals surface area contributed by atoms with Crippen LogP contribution in [0.4, 0.5) is 16.4 Å². The molecule has 0 saturated carbocycles. The third kappa shape index (κ3) is 3.01. The molecule has 0 radical (unpaired) electrons. The molecule has 126 valence electrons. The lowest BCUT2D eigenvalue weighted by Crippen LogP contribution is -2.04. The van der Waals surface area contributed by atoms with Crippen LogP contribution in [0.3, 0.4) is 0 Å². The summed E-state index contributed by atoms with van der Waals surface area (Å²) in [4.78, 5) is 19.8. The van der Waals surface area contributed by atoms with Crippen LogP contribution in [-0.2, 0) is 16.0 Å². The van der Waals surface area contributed by atoms with Gasteiger partial charge >= 0.3 is 18.0 Å². The highest BCUT2D eigenvalue weighted by Crippen LogP contribution is 2.25. The minimum atomic E-state index is -0.396. The van der Waals surface area contributed by atoms with Gasteiger partial charge in [0.2, 0.25) is 0 Å². The van der Waals surface area contributed by atoms with E-state index in [9.17, 15) is 9.18 Å². The summed E-state index contributed by atoms with van der Waals surface area (Å²) < 4.78 is 28.9. The fourth-order valence-electron chi connectivity index (χ4n) is 2.42. The number of nitrogens with zero attached hydrogens (tertiary/aromatic N) is 2. The van der Waals surface area contributed by atoms with Crippen molar-refractivity contribution in [3.63, 3.8) is 0 Å². The first-order valence-corrected chi connectivity index (χ1v) is 7.40. The number of carbonyl (C=O) groups is 1. The number of benzene rings is 2. The normalized spacial score (nSPS) is 11.1. The highest BCUT2D eigenvalue weighted by Gasteiger charge is 2.12. The second-order valence-electron chi connectivity index (χ2n) is 5.33. The predicted octanol–water partition coefficient (Wildman–Crippen LogP) is 3.57. The van der Waals surface area contributed by atoms with E-state index >= 15 is 0 Å². The summed E-state index contributed by atoms with van der Waals surface area (Å²) in [6.07, 6.45) is 0.152. The Labute approximate surface area is 140 Å². The van der Waals surface area contributed by atoms with Gasteiger partial charge in [-0.05, 0) is 29.8 Å². The smallest absolute Gasteiger partial charge is 0.309 e. The molecule has 8 heteroatoms.